The Hall–Kier alpha value is -1.10. The maximum atomic E-state index is 13.0. The second kappa shape index (κ2) is 6.18. The first-order valence-corrected chi connectivity index (χ1v) is 6.76. The lowest BCUT2D eigenvalue weighted by molar-refractivity contribution is 0.615. The monoisotopic (exact) mass is 282 g/mol. The summed E-state index contributed by atoms with van der Waals surface area (Å²) >= 11 is 7.48. The van der Waals surface area contributed by atoms with Crippen LogP contribution in [-0.4, -0.2) is 10.7 Å². The lowest BCUT2D eigenvalue weighted by atomic mass is 10.1. The first kappa shape index (κ1) is 13.3. The molecule has 0 radical (unpaired) electrons. The van der Waals surface area contributed by atoms with Gasteiger partial charge in [0, 0.05) is 27.9 Å². The molecule has 0 amide bonds. The van der Waals surface area contributed by atoms with Crippen molar-refractivity contribution < 1.29 is 4.39 Å². The van der Waals surface area contributed by atoms with Gasteiger partial charge in [-0.05, 0) is 29.8 Å². The Labute approximate surface area is 114 Å². The highest BCUT2D eigenvalue weighted by molar-refractivity contribution is 7.99. The topological polar surface area (TPSA) is 38.9 Å². The van der Waals surface area contributed by atoms with Gasteiger partial charge in [-0.25, -0.2) is 4.39 Å². The van der Waals surface area contributed by atoms with Crippen LogP contribution in [0.25, 0.3) is 0 Å². The Bertz CT molecular complexity index is 536. The van der Waals surface area contributed by atoms with Gasteiger partial charge in [0.1, 0.15) is 5.82 Å². The molecule has 1 atom stereocenters. The predicted octanol–water partition coefficient (Wildman–Crippen LogP) is 3.67. The molecule has 0 fully saturated rings. The molecule has 1 unspecified atom stereocenters. The molecule has 1 aromatic carbocycles. The molecule has 94 valence electrons. The number of halogens is 2. The van der Waals surface area contributed by atoms with Crippen LogP contribution in [-0.2, 0) is 0 Å². The number of benzene rings is 1. The molecule has 0 bridgehead atoms. The molecule has 1 aromatic heterocycles. The second-order valence-corrected chi connectivity index (χ2v) is 5.34. The van der Waals surface area contributed by atoms with Crippen LogP contribution in [0.1, 0.15) is 11.6 Å². The van der Waals surface area contributed by atoms with Crippen LogP contribution in [0.3, 0.4) is 0 Å². The van der Waals surface area contributed by atoms with Crippen molar-refractivity contribution in [2.45, 2.75) is 10.9 Å². The van der Waals surface area contributed by atoms with E-state index in [0.29, 0.717) is 16.3 Å². The van der Waals surface area contributed by atoms with Crippen molar-refractivity contribution in [3.63, 3.8) is 0 Å². The van der Waals surface area contributed by atoms with Crippen molar-refractivity contribution in [3.8, 4) is 0 Å². The number of aromatic nitrogens is 1. The number of nitrogens with zero attached hydrogens (tertiary/aromatic N) is 1. The van der Waals surface area contributed by atoms with Crippen molar-refractivity contribution >= 4 is 23.4 Å². The number of nitrogens with two attached hydrogens (primary N) is 1. The molecule has 2 rings (SSSR count). The zero-order valence-corrected chi connectivity index (χ0v) is 11.1. The molecular weight excluding hydrogens is 271 g/mol. The second-order valence-electron chi connectivity index (χ2n) is 3.81. The van der Waals surface area contributed by atoms with Crippen molar-refractivity contribution in [2.75, 3.05) is 5.75 Å². The van der Waals surface area contributed by atoms with Gasteiger partial charge >= 0.3 is 0 Å². The third-order valence-corrected chi connectivity index (χ3v) is 3.73. The minimum atomic E-state index is -0.365. The maximum Gasteiger partial charge on any atom is 0.141 e. The third kappa shape index (κ3) is 3.70. The van der Waals surface area contributed by atoms with Crippen LogP contribution in [0.4, 0.5) is 4.39 Å². The Balaban J connectivity index is 1.98. The summed E-state index contributed by atoms with van der Waals surface area (Å²) < 4.78 is 13.0. The van der Waals surface area contributed by atoms with E-state index in [1.807, 2.05) is 24.3 Å². The van der Waals surface area contributed by atoms with Crippen molar-refractivity contribution in [3.05, 3.63) is 59.1 Å². The molecule has 1 heterocycles. The van der Waals surface area contributed by atoms with E-state index in [9.17, 15) is 4.39 Å². The minimum Gasteiger partial charge on any atom is -0.323 e. The molecule has 18 heavy (non-hydrogen) atoms. The van der Waals surface area contributed by atoms with Crippen molar-refractivity contribution in [1.29, 1.82) is 0 Å². The standard InChI is InChI=1S/C13H12ClFN2S/c14-10-2-1-3-12(5-10)18-8-13(16)9-4-11(15)7-17-6-9/h1-7,13H,8,16H2. The van der Waals surface area contributed by atoms with Gasteiger partial charge in [0.15, 0.2) is 0 Å². The van der Waals surface area contributed by atoms with E-state index in [1.54, 1.807) is 18.0 Å². The van der Waals surface area contributed by atoms with Crippen LogP contribution in [0.2, 0.25) is 5.02 Å². The normalized spacial score (nSPS) is 12.4. The molecule has 0 saturated carbocycles. The molecular formula is C13H12ClFN2S. The van der Waals surface area contributed by atoms with Gasteiger partial charge in [-0.2, -0.15) is 0 Å². The average Bonchev–Trinajstić information content (AvgIpc) is 2.36. The number of hydrogen-bond donors (Lipinski definition) is 1. The van der Waals surface area contributed by atoms with Crippen LogP contribution in [0.5, 0.6) is 0 Å². The van der Waals surface area contributed by atoms with Crippen LogP contribution in [0, 0.1) is 5.82 Å². The molecule has 0 aliphatic rings. The number of thioether (sulfide) groups is 1. The third-order valence-electron chi connectivity index (χ3n) is 2.38. The lowest BCUT2D eigenvalue weighted by Gasteiger charge is -2.11. The fourth-order valence-corrected chi connectivity index (χ4v) is 2.67. The SMILES string of the molecule is NC(CSc1cccc(Cl)c1)c1cncc(F)c1. The summed E-state index contributed by atoms with van der Waals surface area (Å²) in [5, 5.41) is 0.695. The zero-order chi connectivity index (χ0) is 13.0. The van der Waals surface area contributed by atoms with Gasteiger partial charge in [-0.1, -0.05) is 17.7 Å². The van der Waals surface area contributed by atoms with Crippen LogP contribution >= 0.6 is 23.4 Å². The smallest absolute Gasteiger partial charge is 0.141 e. The highest BCUT2D eigenvalue weighted by Gasteiger charge is 2.08. The van der Waals surface area contributed by atoms with E-state index in [4.69, 9.17) is 17.3 Å². The van der Waals surface area contributed by atoms with Gasteiger partial charge in [-0.15, -0.1) is 11.8 Å². The van der Waals surface area contributed by atoms with Crippen LogP contribution in [0.15, 0.2) is 47.6 Å². The molecule has 0 saturated heterocycles. The van der Waals surface area contributed by atoms with Crippen LogP contribution < -0.4 is 5.73 Å². The van der Waals surface area contributed by atoms with Crippen molar-refractivity contribution in [2.24, 2.45) is 5.73 Å². The van der Waals surface area contributed by atoms with Gasteiger partial charge in [0.25, 0.3) is 0 Å². The van der Waals surface area contributed by atoms with E-state index < -0.39 is 0 Å². The Morgan fingerprint density at radius 1 is 1.33 bits per heavy atom. The summed E-state index contributed by atoms with van der Waals surface area (Å²) in [6.07, 6.45) is 2.76. The molecule has 0 aliphatic heterocycles. The lowest BCUT2D eigenvalue weighted by Crippen LogP contribution is -2.13. The molecule has 2 N–H and O–H groups in total. The number of hydrogen-bond acceptors (Lipinski definition) is 3. The van der Waals surface area contributed by atoms with E-state index >= 15 is 0 Å². The van der Waals surface area contributed by atoms with Crippen molar-refractivity contribution in [1.82, 2.24) is 4.98 Å². The van der Waals surface area contributed by atoms with Gasteiger partial charge in [-0.3, -0.25) is 4.98 Å². The molecule has 2 aromatic rings. The van der Waals surface area contributed by atoms with Gasteiger partial charge < -0.3 is 5.73 Å². The van der Waals surface area contributed by atoms with E-state index in [2.05, 4.69) is 4.98 Å². The predicted molar refractivity (Wildman–Crippen MR) is 73.3 cm³/mol. The summed E-state index contributed by atoms with van der Waals surface area (Å²) in [7, 11) is 0. The fraction of sp³-hybridized carbons (Fsp3) is 0.154. The number of pyridine rings is 1. The fourth-order valence-electron chi connectivity index (χ4n) is 1.47. The number of rotatable bonds is 4. The molecule has 5 heteroatoms. The summed E-state index contributed by atoms with van der Waals surface area (Å²) in [6.45, 7) is 0. The maximum absolute atomic E-state index is 13.0. The molecule has 0 spiro atoms. The molecule has 2 nitrogen and oxygen atoms in total. The van der Waals surface area contributed by atoms with Gasteiger partial charge in [0.2, 0.25) is 0 Å². The van der Waals surface area contributed by atoms with Gasteiger partial charge in [0.05, 0.1) is 6.20 Å². The summed E-state index contributed by atoms with van der Waals surface area (Å²) in [5.74, 6) is 0.279. The summed E-state index contributed by atoms with van der Waals surface area (Å²) in [6, 6.07) is 8.71. The van der Waals surface area contributed by atoms with E-state index in [1.165, 1.54) is 12.3 Å². The first-order valence-electron chi connectivity index (χ1n) is 5.39. The largest absolute Gasteiger partial charge is 0.323 e. The highest BCUT2D eigenvalue weighted by Crippen LogP contribution is 2.25. The summed E-state index contributed by atoms with van der Waals surface area (Å²) in [4.78, 5) is 4.83. The first-order chi connectivity index (χ1) is 8.65. The quantitative estimate of drug-likeness (QED) is 0.870. The Kier molecular flexibility index (Phi) is 4.58. The Morgan fingerprint density at radius 3 is 2.89 bits per heavy atom. The van der Waals surface area contributed by atoms with E-state index in [-0.39, 0.29) is 11.9 Å². The highest BCUT2D eigenvalue weighted by atomic mass is 35.5. The summed E-state index contributed by atoms with van der Waals surface area (Å²) in [5.41, 5.74) is 6.69. The minimum absolute atomic E-state index is 0.253. The average molecular weight is 283 g/mol. The zero-order valence-electron chi connectivity index (χ0n) is 9.51. The Morgan fingerprint density at radius 2 is 2.17 bits per heavy atom. The molecule has 0 aliphatic carbocycles. The van der Waals surface area contributed by atoms with E-state index in [0.717, 1.165) is 4.90 Å².